The molecule has 0 unspecified atom stereocenters. The Kier molecular flexibility index (Phi) is 6.64. The highest BCUT2D eigenvalue weighted by molar-refractivity contribution is 8.00. The highest BCUT2D eigenvalue weighted by Crippen LogP contribution is 2.38. The van der Waals surface area contributed by atoms with E-state index >= 15 is 0 Å². The third-order valence-electron chi connectivity index (χ3n) is 3.94. The first kappa shape index (κ1) is 20.7. The van der Waals surface area contributed by atoms with Crippen LogP contribution in [0.15, 0.2) is 35.4 Å². The molecule has 0 bridgehead atoms. The van der Waals surface area contributed by atoms with E-state index in [1.54, 1.807) is 19.2 Å². The number of halogens is 4. The smallest absolute Gasteiger partial charge is 0.262 e. The van der Waals surface area contributed by atoms with E-state index in [4.69, 9.17) is 23.2 Å². The van der Waals surface area contributed by atoms with Crippen LogP contribution in [0.4, 0.5) is 25.8 Å². The molecule has 0 spiro atoms. The number of aryl methyl sites for hydroxylation is 1. The van der Waals surface area contributed by atoms with Gasteiger partial charge in [-0.2, -0.15) is 0 Å². The van der Waals surface area contributed by atoms with Gasteiger partial charge in [0.05, 0.1) is 51.0 Å². The van der Waals surface area contributed by atoms with Gasteiger partial charge in [0.15, 0.2) is 0 Å². The van der Waals surface area contributed by atoms with Gasteiger partial charge in [-0.05, 0) is 30.7 Å². The van der Waals surface area contributed by atoms with E-state index in [1.807, 2.05) is 0 Å². The summed E-state index contributed by atoms with van der Waals surface area (Å²) in [6, 6.07) is 5.96. The van der Waals surface area contributed by atoms with E-state index in [1.165, 1.54) is 35.0 Å². The van der Waals surface area contributed by atoms with Crippen molar-refractivity contribution in [2.75, 3.05) is 22.5 Å². The number of anilines is 3. The molecular formula is C18H16Cl2F2N4OS. The third kappa shape index (κ3) is 4.19. The second kappa shape index (κ2) is 8.98. The van der Waals surface area contributed by atoms with Crippen LogP contribution in [0.1, 0.15) is 6.42 Å². The zero-order valence-electron chi connectivity index (χ0n) is 14.7. The van der Waals surface area contributed by atoms with Crippen molar-refractivity contribution in [3.63, 3.8) is 0 Å². The summed E-state index contributed by atoms with van der Waals surface area (Å²) in [5.74, 6) is -0.0423. The molecule has 5 nitrogen and oxygen atoms in total. The molecule has 10 heteroatoms. The number of aromatic nitrogens is 2. The Morgan fingerprint density at radius 2 is 1.93 bits per heavy atom. The van der Waals surface area contributed by atoms with Crippen LogP contribution in [0.2, 0.25) is 10.0 Å². The van der Waals surface area contributed by atoms with Crippen LogP contribution in [0.25, 0.3) is 10.9 Å². The number of fused-ring (bicyclic) bond motifs is 1. The topological polar surface area (TPSA) is 59.0 Å². The number of rotatable bonds is 7. The van der Waals surface area contributed by atoms with Gasteiger partial charge in [-0.1, -0.05) is 35.1 Å². The van der Waals surface area contributed by atoms with Crippen molar-refractivity contribution in [2.24, 2.45) is 7.05 Å². The normalized spacial score (nSPS) is 11.0. The summed E-state index contributed by atoms with van der Waals surface area (Å²) < 4.78 is 30.9. The van der Waals surface area contributed by atoms with Crippen molar-refractivity contribution < 1.29 is 8.78 Å². The van der Waals surface area contributed by atoms with Crippen LogP contribution in [0.5, 0.6) is 0 Å². The van der Waals surface area contributed by atoms with Gasteiger partial charge in [-0.15, -0.1) is 0 Å². The minimum absolute atomic E-state index is 0.0136. The quantitative estimate of drug-likeness (QED) is 0.369. The van der Waals surface area contributed by atoms with Crippen molar-refractivity contribution >= 4 is 63.1 Å². The number of hydrogen-bond acceptors (Lipinski definition) is 5. The molecule has 0 saturated heterocycles. The number of nitrogens with one attached hydrogen (secondary N) is 2. The fourth-order valence-corrected chi connectivity index (χ4v) is 3.76. The van der Waals surface area contributed by atoms with Gasteiger partial charge < -0.3 is 14.6 Å². The van der Waals surface area contributed by atoms with Crippen LogP contribution >= 0.6 is 35.1 Å². The first-order valence-corrected chi connectivity index (χ1v) is 10.0. The van der Waals surface area contributed by atoms with Crippen LogP contribution in [-0.2, 0) is 7.05 Å². The van der Waals surface area contributed by atoms with E-state index in [0.29, 0.717) is 29.1 Å². The zero-order valence-corrected chi connectivity index (χ0v) is 17.1. The van der Waals surface area contributed by atoms with Crippen molar-refractivity contribution in [1.29, 1.82) is 0 Å². The average Bonchev–Trinajstić information content (AvgIpc) is 2.68. The Balaban J connectivity index is 1.96. The summed E-state index contributed by atoms with van der Waals surface area (Å²) in [7, 11) is 1.57. The van der Waals surface area contributed by atoms with Gasteiger partial charge in [0, 0.05) is 12.8 Å². The standard InChI is InChI=1S/C18H16Cl2F2N4OS/c1-26-9-23-11-5-6-12(15(19)14(11)18(26)27)24-17-10(22)3-4-13(16(17)20)25-28-8-2-7-21/h3-6,9,24-25H,2,7-8H2,1H3. The molecule has 0 radical (unpaired) electrons. The number of hydrogen-bond donors (Lipinski definition) is 2. The monoisotopic (exact) mass is 444 g/mol. The minimum atomic E-state index is -0.584. The number of benzene rings is 2. The molecule has 3 rings (SSSR count). The van der Waals surface area contributed by atoms with E-state index in [-0.39, 0.29) is 26.7 Å². The number of nitrogens with zero attached hydrogens (tertiary/aromatic N) is 2. The van der Waals surface area contributed by atoms with Gasteiger partial charge in [0.2, 0.25) is 0 Å². The summed E-state index contributed by atoms with van der Waals surface area (Å²) in [5.41, 5.74) is 0.931. The largest absolute Gasteiger partial charge is 0.351 e. The molecule has 0 aliphatic carbocycles. The Morgan fingerprint density at radius 1 is 1.18 bits per heavy atom. The molecule has 0 amide bonds. The fourth-order valence-electron chi connectivity index (χ4n) is 2.49. The molecule has 28 heavy (non-hydrogen) atoms. The SMILES string of the molecule is Cn1cnc2ccc(Nc3c(F)ccc(NSCCCF)c3Cl)c(Cl)c2c1=O. The summed E-state index contributed by atoms with van der Waals surface area (Å²) in [5, 5.41) is 3.33. The molecular weight excluding hydrogens is 429 g/mol. The van der Waals surface area contributed by atoms with Crippen LogP contribution in [0.3, 0.4) is 0 Å². The molecule has 2 aromatic carbocycles. The Hall–Kier alpha value is -2.03. The lowest BCUT2D eigenvalue weighted by atomic mass is 10.2. The summed E-state index contributed by atoms with van der Waals surface area (Å²) in [6.45, 7) is -0.409. The fraction of sp³-hybridized carbons (Fsp3) is 0.222. The maximum Gasteiger partial charge on any atom is 0.262 e. The predicted octanol–water partition coefficient (Wildman–Crippen LogP) is 5.54. The van der Waals surface area contributed by atoms with Gasteiger partial charge in [0.25, 0.3) is 5.56 Å². The molecule has 2 N–H and O–H groups in total. The van der Waals surface area contributed by atoms with Crippen LogP contribution in [0, 0.1) is 5.82 Å². The van der Waals surface area contributed by atoms with Crippen LogP contribution in [-0.4, -0.2) is 22.0 Å². The third-order valence-corrected chi connectivity index (χ3v) is 5.58. The summed E-state index contributed by atoms with van der Waals surface area (Å²) in [6.07, 6.45) is 1.80. The molecule has 0 atom stereocenters. The highest BCUT2D eigenvalue weighted by atomic mass is 35.5. The molecule has 1 heterocycles. The average molecular weight is 445 g/mol. The lowest BCUT2D eigenvalue weighted by Gasteiger charge is -2.15. The van der Waals surface area contributed by atoms with E-state index in [9.17, 15) is 13.6 Å². The van der Waals surface area contributed by atoms with Crippen molar-refractivity contribution in [3.8, 4) is 0 Å². The maximum atomic E-state index is 14.4. The molecule has 148 valence electrons. The molecule has 1 aromatic heterocycles. The lowest BCUT2D eigenvalue weighted by molar-refractivity contribution is 0.489. The molecule has 0 aliphatic rings. The zero-order chi connectivity index (χ0) is 20.3. The Bertz CT molecular complexity index is 1080. The van der Waals surface area contributed by atoms with E-state index < -0.39 is 12.5 Å². The van der Waals surface area contributed by atoms with E-state index in [0.717, 1.165) is 0 Å². The van der Waals surface area contributed by atoms with Crippen molar-refractivity contribution in [2.45, 2.75) is 6.42 Å². The Labute approximate surface area is 174 Å². The highest BCUT2D eigenvalue weighted by Gasteiger charge is 2.16. The minimum Gasteiger partial charge on any atom is -0.351 e. The van der Waals surface area contributed by atoms with Gasteiger partial charge in [0.1, 0.15) is 5.82 Å². The molecule has 0 saturated carbocycles. The lowest BCUT2D eigenvalue weighted by Crippen LogP contribution is -2.17. The van der Waals surface area contributed by atoms with Crippen molar-refractivity contribution in [3.05, 3.63) is 56.8 Å². The first-order chi connectivity index (χ1) is 13.4. The second-order valence-corrected chi connectivity index (χ2v) is 7.54. The van der Waals surface area contributed by atoms with Gasteiger partial charge in [-0.3, -0.25) is 9.18 Å². The molecule has 0 aliphatic heterocycles. The first-order valence-electron chi connectivity index (χ1n) is 8.26. The van der Waals surface area contributed by atoms with E-state index in [2.05, 4.69) is 15.0 Å². The maximum absolute atomic E-state index is 14.4. The van der Waals surface area contributed by atoms with Crippen molar-refractivity contribution in [1.82, 2.24) is 9.55 Å². The Morgan fingerprint density at radius 3 is 2.68 bits per heavy atom. The second-order valence-electron chi connectivity index (χ2n) is 5.88. The molecule has 3 aromatic rings. The summed E-state index contributed by atoms with van der Waals surface area (Å²) in [4.78, 5) is 16.5. The predicted molar refractivity (Wildman–Crippen MR) is 113 cm³/mol. The number of alkyl halides is 1. The van der Waals surface area contributed by atoms with Gasteiger partial charge >= 0.3 is 0 Å². The van der Waals surface area contributed by atoms with Gasteiger partial charge in [-0.25, -0.2) is 9.37 Å². The summed E-state index contributed by atoms with van der Waals surface area (Å²) >= 11 is 14.0. The van der Waals surface area contributed by atoms with Crippen LogP contribution < -0.4 is 15.6 Å². The molecule has 0 fully saturated rings.